The van der Waals surface area contributed by atoms with Crippen molar-refractivity contribution in [3.63, 3.8) is 0 Å². The molecule has 1 N–H and O–H groups in total. The first-order valence-electron chi connectivity index (χ1n) is 3.49. The van der Waals surface area contributed by atoms with E-state index in [2.05, 4.69) is 9.72 Å². The number of methoxy groups -OCH3 is 1. The van der Waals surface area contributed by atoms with Gasteiger partial charge in [0.1, 0.15) is 0 Å². The van der Waals surface area contributed by atoms with Crippen LogP contribution in [0.15, 0.2) is 12.1 Å². The highest BCUT2D eigenvalue weighted by Gasteiger charge is 2.21. The molecule has 0 bridgehead atoms. The van der Waals surface area contributed by atoms with Crippen molar-refractivity contribution in [2.75, 3.05) is 7.11 Å². The number of hydrogen-bond acceptors (Lipinski definition) is 5. The van der Waals surface area contributed by atoms with Gasteiger partial charge in [0.25, 0.3) is 0 Å². The summed E-state index contributed by atoms with van der Waals surface area (Å²) in [5, 5.41) is 18.9. The number of carboxylic acids is 1. The molecule has 0 atom stereocenters. The summed E-state index contributed by atoms with van der Waals surface area (Å²) in [5.74, 6) is -1.91. The molecule has 74 valence electrons. The van der Waals surface area contributed by atoms with Crippen LogP contribution in [-0.4, -0.2) is 28.1 Å². The number of ether oxygens (including phenoxy) is 1. The van der Waals surface area contributed by atoms with E-state index in [1.54, 1.807) is 0 Å². The van der Waals surface area contributed by atoms with E-state index < -0.39 is 22.4 Å². The Hall–Kier alpha value is -2.18. The molecule has 0 radical (unpaired) electrons. The molecular weight excluding hydrogens is 192 g/mol. The molecule has 0 saturated heterocycles. The lowest BCUT2D eigenvalue weighted by Gasteiger charge is -1.99. The third-order valence-corrected chi connectivity index (χ3v) is 1.45. The second kappa shape index (κ2) is 3.69. The lowest BCUT2D eigenvalue weighted by Crippen LogP contribution is -2.05. The minimum atomic E-state index is -1.37. The summed E-state index contributed by atoms with van der Waals surface area (Å²) >= 11 is 0. The molecule has 14 heavy (non-hydrogen) atoms. The zero-order chi connectivity index (χ0) is 10.7. The molecule has 1 rings (SSSR count). The molecule has 0 aliphatic carbocycles. The van der Waals surface area contributed by atoms with Crippen molar-refractivity contribution in [1.29, 1.82) is 0 Å². The van der Waals surface area contributed by atoms with Crippen LogP contribution >= 0.6 is 0 Å². The van der Waals surface area contributed by atoms with Gasteiger partial charge in [0.15, 0.2) is 5.75 Å². The molecule has 0 aliphatic heterocycles. The number of hydrogen-bond donors (Lipinski definition) is 1. The van der Waals surface area contributed by atoms with Gasteiger partial charge >= 0.3 is 17.5 Å². The molecule has 7 nitrogen and oxygen atoms in total. The number of aromatic nitrogens is 1. The Morgan fingerprint density at radius 1 is 1.64 bits per heavy atom. The van der Waals surface area contributed by atoms with Gasteiger partial charge in [-0.1, -0.05) is 0 Å². The van der Waals surface area contributed by atoms with Gasteiger partial charge in [-0.2, -0.15) is 0 Å². The summed E-state index contributed by atoms with van der Waals surface area (Å²) < 4.78 is 4.68. The maximum absolute atomic E-state index is 10.6. The van der Waals surface area contributed by atoms with Crippen LogP contribution in [0.2, 0.25) is 0 Å². The van der Waals surface area contributed by atoms with Gasteiger partial charge in [-0.25, -0.2) is 4.79 Å². The Morgan fingerprint density at radius 2 is 2.29 bits per heavy atom. The Kier molecular flexibility index (Phi) is 2.61. The summed E-state index contributed by atoms with van der Waals surface area (Å²) in [6.45, 7) is 0. The largest absolute Gasteiger partial charge is 0.492 e. The van der Waals surface area contributed by atoms with Crippen LogP contribution in [0, 0.1) is 10.1 Å². The molecular formula is C7H6N2O5. The highest BCUT2D eigenvalue weighted by atomic mass is 16.6. The van der Waals surface area contributed by atoms with Crippen LogP contribution in [0.1, 0.15) is 10.5 Å². The van der Waals surface area contributed by atoms with Gasteiger partial charge < -0.3 is 20.0 Å². The van der Waals surface area contributed by atoms with Gasteiger partial charge in [-0.15, -0.1) is 0 Å². The van der Waals surface area contributed by atoms with Crippen LogP contribution < -0.4 is 4.74 Å². The second-order valence-electron chi connectivity index (χ2n) is 2.28. The number of rotatable bonds is 3. The van der Waals surface area contributed by atoms with E-state index in [9.17, 15) is 14.9 Å². The molecule has 0 fully saturated rings. The number of aromatic carboxylic acids is 1. The van der Waals surface area contributed by atoms with Crippen LogP contribution in [0.4, 0.5) is 5.82 Å². The molecule has 1 aromatic rings. The van der Waals surface area contributed by atoms with Gasteiger partial charge in [-0.05, 0) is 16.0 Å². The van der Waals surface area contributed by atoms with E-state index in [4.69, 9.17) is 5.11 Å². The summed E-state index contributed by atoms with van der Waals surface area (Å²) in [6, 6.07) is 2.26. The van der Waals surface area contributed by atoms with Crippen LogP contribution in [-0.2, 0) is 0 Å². The number of carbonyl (C=O) groups is 1. The number of nitro groups is 1. The van der Waals surface area contributed by atoms with Gasteiger partial charge in [0.2, 0.25) is 0 Å². The number of pyridine rings is 1. The van der Waals surface area contributed by atoms with Crippen molar-refractivity contribution in [3.8, 4) is 5.75 Å². The van der Waals surface area contributed by atoms with Gasteiger partial charge in [-0.3, -0.25) is 0 Å². The fourth-order valence-corrected chi connectivity index (χ4v) is 0.856. The van der Waals surface area contributed by atoms with Crippen molar-refractivity contribution in [3.05, 3.63) is 27.9 Å². The fourth-order valence-electron chi connectivity index (χ4n) is 0.856. The second-order valence-corrected chi connectivity index (χ2v) is 2.28. The lowest BCUT2D eigenvalue weighted by molar-refractivity contribution is -0.389. The molecule has 1 heterocycles. The zero-order valence-corrected chi connectivity index (χ0v) is 7.13. The van der Waals surface area contributed by atoms with E-state index in [-0.39, 0.29) is 5.75 Å². The SMILES string of the molecule is COc1ccc([N+](=O)[O-])nc1C(=O)O. The van der Waals surface area contributed by atoms with Crippen LogP contribution in [0.25, 0.3) is 0 Å². The predicted molar refractivity (Wildman–Crippen MR) is 44.4 cm³/mol. The average molecular weight is 198 g/mol. The van der Waals surface area contributed by atoms with Crippen molar-refractivity contribution in [1.82, 2.24) is 4.98 Å². The van der Waals surface area contributed by atoms with Crippen molar-refractivity contribution in [2.45, 2.75) is 0 Å². The summed E-state index contributed by atoms with van der Waals surface area (Å²) in [4.78, 5) is 23.4. The van der Waals surface area contributed by atoms with Crippen molar-refractivity contribution >= 4 is 11.8 Å². The maximum atomic E-state index is 10.6. The van der Waals surface area contributed by atoms with E-state index in [1.165, 1.54) is 13.2 Å². The predicted octanol–water partition coefficient (Wildman–Crippen LogP) is 0.697. The highest BCUT2D eigenvalue weighted by molar-refractivity contribution is 5.88. The summed E-state index contributed by atoms with van der Waals surface area (Å²) in [7, 11) is 1.26. The first-order chi connectivity index (χ1) is 6.56. The van der Waals surface area contributed by atoms with E-state index in [1.807, 2.05) is 0 Å². The quantitative estimate of drug-likeness (QED) is 0.566. The molecule has 0 saturated carbocycles. The Morgan fingerprint density at radius 3 is 2.71 bits per heavy atom. The van der Waals surface area contributed by atoms with E-state index >= 15 is 0 Å². The highest BCUT2D eigenvalue weighted by Crippen LogP contribution is 2.19. The third kappa shape index (κ3) is 1.76. The summed E-state index contributed by atoms with van der Waals surface area (Å²) in [5.41, 5.74) is -0.471. The fraction of sp³-hybridized carbons (Fsp3) is 0.143. The van der Waals surface area contributed by atoms with Crippen molar-refractivity contribution < 1.29 is 19.6 Å². The number of nitrogens with zero attached hydrogens (tertiary/aromatic N) is 2. The van der Waals surface area contributed by atoms with Gasteiger partial charge in [0, 0.05) is 6.07 Å². The Bertz CT molecular complexity index is 390. The first kappa shape index (κ1) is 9.90. The molecule has 0 unspecified atom stereocenters. The minimum Gasteiger partial charge on any atom is -0.492 e. The molecule has 7 heteroatoms. The number of carboxylic acid groups (broad SMARTS) is 1. The zero-order valence-electron chi connectivity index (χ0n) is 7.13. The van der Waals surface area contributed by atoms with Crippen LogP contribution in [0.3, 0.4) is 0 Å². The minimum absolute atomic E-state index is 0.0110. The molecule has 0 spiro atoms. The van der Waals surface area contributed by atoms with Gasteiger partial charge in [0.05, 0.1) is 7.11 Å². The standard InChI is InChI=1S/C7H6N2O5/c1-14-4-2-3-5(9(12)13)8-6(4)7(10)11/h2-3H,1H3,(H,10,11). The molecule has 1 aromatic heterocycles. The Labute approximate surface area is 78.1 Å². The average Bonchev–Trinajstić information content (AvgIpc) is 2.16. The topological polar surface area (TPSA) is 103 Å². The monoisotopic (exact) mass is 198 g/mol. The van der Waals surface area contributed by atoms with E-state index in [0.717, 1.165) is 6.07 Å². The van der Waals surface area contributed by atoms with Crippen molar-refractivity contribution in [2.24, 2.45) is 0 Å². The van der Waals surface area contributed by atoms with E-state index in [0.29, 0.717) is 0 Å². The normalized spacial score (nSPS) is 9.50. The van der Waals surface area contributed by atoms with Crippen LogP contribution in [0.5, 0.6) is 5.75 Å². The lowest BCUT2D eigenvalue weighted by atomic mass is 10.3. The summed E-state index contributed by atoms with van der Waals surface area (Å²) in [6.07, 6.45) is 0. The first-order valence-corrected chi connectivity index (χ1v) is 3.49. The third-order valence-electron chi connectivity index (χ3n) is 1.45. The maximum Gasteiger partial charge on any atom is 0.384 e. The molecule has 0 aromatic carbocycles. The smallest absolute Gasteiger partial charge is 0.384 e. The molecule has 0 aliphatic rings. The molecule has 0 amide bonds. The Balaban J connectivity index is 3.27.